The predicted octanol–water partition coefficient (Wildman–Crippen LogP) is 2.39. The fraction of sp³-hybridized carbons (Fsp3) is 0.208. The monoisotopic (exact) mass is 474 g/mol. The molecule has 0 aliphatic carbocycles. The van der Waals surface area contributed by atoms with Gasteiger partial charge in [-0.3, -0.25) is 24.6 Å². The summed E-state index contributed by atoms with van der Waals surface area (Å²) in [5, 5.41) is 9.59. The molecule has 2 aliphatic heterocycles. The number of rotatable bonds is 3. The lowest BCUT2D eigenvalue weighted by molar-refractivity contribution is -0.120. The second-order valence-corrected chi connectivity index (χ2v) is 8.24. The van der Waals surface area contributed by atoms with Crippen molar-refractivity contribution in [3.63, 3.8) is 0 Å². The van der Waals surface area contributed by atoms with Crippen LogP contribution in [0.5, 0.6) is 5.75 Å². The van der Waals surface area contributed by atoms with Gasteiger partial charge in [-0.2, -0.15) is 5.10 Å². The van der Waals surface area contributed by atoms with E-state index < -0.39 is 18.0 Å². The van der Waals surface area contributed by atoms with Gasteiger partial charge in [0, 0.05) is 43.4 Å². The van der Waals surface area contributed by atoms with Crippen molar-refractivity contribution in [2.24, 2.45) is 7.05 Å². The van der Waals surface area contributed by atoms with Crippen LogP contribution in [0.2, 0.25) is 0 Å². The van der Waals surface area contributed by atoms with Crippen LogP contribution in [0.1, 0.15) is 27.7 Å². The van der Waals surface area contributed by atoms with Crippen molar-refractivity contribution in [1.82, 2.24) is 30.3 Å². The van der Waals surface area contributed by atoms with Gasteiger partial charge in [-0.1, -0.05) is 6.07 Å². The molecule has 3 aromatic heterocycles. The van der Waals surface area contributed by atoms with Crippen LogP contribution in [0.15, 0.2) is 53.3 Å². The number of nitrogens with zero attached hydrogens (tertiary/aromatic N) is 4. The van der Waals surface area contributed by atoms with Crippen molar-refractivity contribution in [2.45, 2.75) is 12.6 Å². The molecule has 5 heterocycles. The van der Waals surface area contributed by atoms with Gasteiger partial charge in [0.05, 0.1) is 25.2 Å². The fourth-order valence-electron chi connectivity index (χ4n) is 3.99. The maximum atomic E-state index is 11.7. The molecular formula is C24H22N6O5. The molecule has 4 amide bonds. The molecule has 0 spiro atoms. The van der Waals surface area contributed by atoms with E-state index in [4.69, 9.17) is 9.15 Å². The second-order valence-electron chi connectivity index (χ2n) is 8.24. The van der Waals surface area contributed by atoms with Gasteiger partial charge in [0.1, 0.15) is 11.5 Å². The van der Waals surface area contributed by atoms with Crippen molar-refractivity contribution >= 4 is 28.8 Å². The number of pyridine rings is 1. The Morgan fingerprint density at radius 2 is 1.94 bits per heavy atom. The number of imide groups is 1. The lowest BCUT2D eigenvalue weighted by atomic mass is 10.1. The van der Waals surface area contributed by atoms with E-state index in [2.05, 4.69) is 20.7 Å². The number of hydrogen-bond donors (Lipinski definition) is 2. The van der Waals surface area contributed by atoms with Crippen LogP contribution in [0.4, 0.5) is 4.79 Å². The summed E-state index contributed by atoms with van der Waals surface area (Å²) in [7, 11) is 5.24. The Morgan fingerprint density at radius 1 is 1.11 bits per heavy atom. The Kier molecular flexibility index (Phi) is 5.44. The number of carbonyl (C=O) groups excluding carboxylic acids is 3. The number of methoxy groups -OCH3 is 1. The zero-order valence-electron chi connectivity index (χ0n) is 19.2. The number of amides is 4. The predicted molar refractivity (Wildman–Crippen MR) is 124 cm³/mol. The number of aromatic nitrogens is 3. The average Bonchev–Trinajstić information content (AvgIpc) is 3.60. The largest absolute Gasteiger partial charge is 0.497 e. The molecule has 0 saturated carbocycles. The van der Waals surface area contributed by atoms with E-state index in [9.17, 15) is 14.4 Å². The molecule has 1 aromatic carbocycles. The van der Waals surface area contributed by atoms with Crippen molar-refractivity contribution in [3.05, 3.63) is 65.8 Å². The Hall–Kier alpha value is -4.67. The summed E-state index contributed by atoms with van der Waals surface area (Å²) < 4.78 is 12.4. The number of nitrogens with one attached hydrogen (secondary N) is 2. The molecule has 1 atom stereocenters. The molecule has 2 N–H and O–H groups in total. The van der Waals surface area contributed by atoms with Crippen LogP contribution in [0.3, 0.4) is 0 Å². The molecule has 6 rings (SSSR count). The second kappa shape index (κ2) is 8.60. The van der Waals surface area contributed by atoms with Crippen LogP contribution >= 0.6 is 0 Å². The van der Waals surface area contributed by atoms with E-state index in [1.165, 1.54) is 0 Å². The third-order valence-electron chi connectivity index (χ3n) is 5.78. The first kappa shape index (κ1) is 22.1. The number of aryl methyl sites for hydroxylation is 1. The minimum Gasteiger partial charge on any atom is -0.497 e. The smallest absolute Gasteiger partial charge is 0.322 e. The number of urea groups is 1. The van der Waals surface area contributed by atoms with E-state index in [0.717, 1.165) is 33.5 Å². The van der Waals surface area contributed by atoms with Gasteiger partial charge in [0.2, 0.25) is 0 Å². The quantitative estimate of drug-likeness (QED) is 0.436. The summed E-state index contributed by atoms with van der Waals surface area (Å²) in [6.45, 7) is 0.707. The third kappa shape index (κ3) is 4.19. The minimum atomic E-state index is -0.804. The highest BCUT2D eigenvalue weighted by Gasteiger charge is 2.33. The summed E-state index contributed by atoms with van der Waals surface area (Å²) in [5.74, 6) is 0.768. The molecule has 1 saturated heterocycles. The Balaban J connectivity index is 0.000000166. The number of furan rings is 1. The summed E-state index contributed by atoms with van der Waals surface area (Å²) in [4.78, 5) is 40.4. The average molecular weight is 474 g/mol. The number of carbonyl (C=O) groups is 3. The van der Waals surface area contributed by atoms with Gasteiger partial charge in [-0.25, -0.2) is 4.79 Å². The molecule has 35 heavy (non-hydrogen) atoms. The molecule has 0 bridgehead atoms. The van der Waals surface area contributed by atoms with Gasteiger partial charge in [0.15, 0.2) is 11.6 Å². The molecule has 0 radical (unpaired) electrons. The Labute approximate surface area is 199 Å². The van der Waals surface area contributed by atoms with E-state index >= 15 is 0 Å². The third-order valence-corrected chi connectivity index (χ3v) is 5.78. The van der Waals surface area contributed by atoms with Gasteiger partial charge in [0.25, 0.3) is 11.8 Å². The van der Waals surface area contributed by atoms with Crippen LogP contribution in [0.25, 0.3) is 22.2 Å². The first-order valence-corrected chi connectivity index (χ1v) is 10.7. The van der Waals surface area contributed by atoms with Crippen molar-refractivity contribution in [1.29, 1.82) is 0 Å². The topological polar surface area (TPSA) is 132 Å². The van der Waals surface area contributed by atoms with Crippen LogP contribution < -0.4 is 15.4 Å². The molecule has 1 fully saturated rings. The van der Waals surface area contributed by atoms with Gasteiger partial charge < -0.3 is 19.4 Å². The van der Waals surface area contributed by atoms with Crippen molar-refractivity contribution in [2.75, 3.05) is 14.2 Å². The molecule has 4 aromatic rings. The molecule has 178 valence electrons. The highest BCUT2D eigenvalue weighted by molar-refractivity contribution is 6.04. The maximum Gasteiger partial charge on any atom is 0.322 e. The number of hydrogen-bond acceptors (Lipinski definition) is 7. The summed E-state index contributed by atoms with van der Waals surface area (Å²) in [6.07, 6.45) is 5.18. The lowest BCUT2D eigenvalue weighted by Crippen LogP contribution is -2.22. The van der Waals surface area contributed by atoms with E-state index in [1.54, 1.807) is 48.3 Å². The number of fused-ring (bicyclic) bond motifs is 2. The first-order valence-electron chi connectivity index (χ1n) is 10.7. The van der Waals surface area contributed by atoms with E-state index in [1.807, 2.05) is 31.4 Å². The van der Waals surface area contributed by atoms with Crippen molar-refractivity contribution in [3.8, 4) is 17.0 Å². The Morgan fingerprint density at radius 3 is 2.63 bits per heavy atom. The highest BCUT2D eigenvalue weighted by atomic mass is 16.5. The zero-order chi connectivity index (χ0) is 24.7. The Bertz CT molecular complexity index is 1470. The molecule has 11 nitrogen and oxygen atoms in total. The van der Waals surface area contributed by atoms with Gasteiger partial charge in [-0.15, -0.1) is 0 Å². The molecular weight excluding hydrogens is 452 g/mol. The summed E-state index contributed by atoms with van der Waals surface area (Å²) in [5.41, 5.74) is 4.04. The van der Waals surface area contributed by atoms with E-state index in [0.29, 0.717) is 17.9 Å². The van der Waals surface area contributed by atoms with Crippen LogP contribution in [-0.2, 0) is 18.4 Å². The van der Waals surface area contributed by atoms with E-state index in [-0.39, 0.29) is 5.91 Å². The summed E-state index contributed by atoms with van der Waals surface area (Å²) >= 11 is 0. The molecule has 11 heteroatoms. The SMILES string of the molecule is COc1ccc2c(c1)C(=O)N(C)C2.Cn1cc(-c2cc3cc([C@@H]4NC(=O)NC4=O)oc3cn2)cn1. The minimum absolute atomic E-state index is 0.0777. The zero-order valence-corrected chi connectivity index (χ0v) is 19.2. The highest BCUT2D eigenvalue weighted by Crippen LogP contribution is 2.28. The van der Waals surface area contributed by atoms with Gasteiger partial charge >= 0.3 is 6.03 Å². The van der Waals surface area contributed by atoms with Crippen LogP contribution in [-0.4, -0.2) is 51.7 Å². The standard InChI is InChI=1S/C14H11N5O3.C10H11NO2/c1-19-6-8(4-16-19)9-2-7-3-10(22-11(7)5-15-9)12-13(20)18-14(21)17-12;1-11-6-7-3-4-8(13-2)5-9(7)10(11)12/h2-6,12H,1H3,(H2,17,18,20,21);3-5H,6H2,1-2H3/t12-;/m0./s1. The van der Waals surface area contributed by atoms with Gasteiger partial charge in [-0.05, 0) is 29.8 Å². The fourth-order valence-corrected chi connectivity index (χ4v) is 3.99. The number of ether oxygens (including phenoxy) is 1. The number of benzene rings is 1. The van der Waals surface area contributed by atoms with Crippen LogP contribution in [0, 0.1) is 0 Å². The molecule has 2 aliphatic rings. The van der Waals surface area contributed by atoms with Crippen molar-refractivity contribution < 1.29 is 23.5 Å². The molecule has 0 unspecified atom stereocenters. The first-order chi connectivity index (χ1) is 16.8. The normalized spacial score (nSPS) is 16.6. The summed E-state index contributed by atoms with van der Waals surface area (Å²) in [6, 6.07) is 7.87. The maximum absolute atomic E-state index is 11.7. The lowest BCUT2D eigenvalue weighted by Gasteiger charge is -2.04.